The van der Waals surface area contributed by atoms with Gasteiger partial charge in [-0.25, -0.2) is 0 Å². The number of fused-ring (bicyclic) bond motifs is 1. The number of nitrogens with zero attached hydrogens (tertiary/aromatic N) is 2. The van der Waals surface area contributed by atoms with Gasteiger partial charge in [-0.1, -0.05) is 11.8 Å². The number of unbranched alkanes of at least 4 members (excludes halogenated alkanes) is 2. The number of aromatic nitrogens is 2. The van der Waals surface area contributed by atoms with E-state index >= 15 is 0 Å². The van der Waals surface area contributed by atoms with Gasteiger partial charge in [0.1, 0.15) is 11.0 Å². The number of nitrogen functional groups attached to an aromatic ring is 1. The van der Waals surface area contributed by atoms with Crippen LogP contribution in [0, 0.1) is 11.8 Å². The largest absolute Gasteiger partial charge is 0.398 e. The predicted molar refractivity (Wildman–Crippen MR) is 73.3 cm³/mol. The van der Waals surface area contributed by atoms with Gasteiger partial charge in [-0.3, -0.25) is 0 Å². The Hall–Kier alpha value is -1.31. The summed E-state index contributed by atoms with van der Waals surface area (Å²) in [5.74, 6) is 6.87. The zero-order valence-corrected chi connectivity index (χ0v) is 10.8. The first kappa shape index (κ1) is 12.2. The fourth-order valence-corrected chi connectivity index (χ4v) is 2.12. The maximum atomic E-state index is 5.90. The first-order chi connectivity index (χ1) is 8.31. The van der Waals surface area contributed by atoms with Gasteiger partial charge < -0.3 is 5.73 Å². The summed E-state index contributed by atoms with van der Waals surface area (Å²) < 4.78 is 8.30. The SMILES string of the molecule is Nc1cc2nsnc2cc1C#CCCCCCl. The lowest BCUT2D eigenvalue weighted by molar-refractivity contribution is 0.833. The van der Waals surface area contributed by atoms with Crippen molar-refractivity contribution in [1.82, 2.24) is 8.75 Å². The Bertz CT molecular complexity index is 568. The van der Waals surface area contributed by atoms with Crippen LogP contribution in [0.1, 0.15) is 24.8 Å². The number of nitrogens with two attached hydrogens (primary N) is 1. The van der Waals surface area contributed by atoms with Gasteiger partial charge in [0.2, 0.25) is 0 Å². The average Bonchev–Trinajstić information content (AvgIpc) is 2.76. The Balaban J connectivity index is 2.14. The zero-order chi connectivity index (χ0) is 12.1. The monoisotopic (exact) mass is 265 g/mol. The molecule has 2 aromatic rings. The summed E-state index contributed by atoms with van der Waals surface area (Å²) in [5, 5.41) is 0. The molecule has 2 N–H and O–H groups in total. The number of hydrogen-bond donors (Lipinski definition) is 1. The second-order valence-electron chi connectivity index (χ2n) is 3.64. The van der Waals surface area contributed by atoms with E-state index in [1.807, 2.05) is 12.1 Å². The van der Waals surface area contributed by atoms with Crippen molar-refractivity contribution < 1.29 is 0 Å². The van der Waals surface area contributed by atoms with Gasteiger partial charge in [0.05, 0.1) is 11.7 Å². The Morgan fingerprint density at radius 1 is 1.24 bits per heavy atom. The Labute approximate surface area is 109 Å². The van der Waals surface area contributed by atoms with Crippen molar-refractivity contribution in [3.8, 4) is 11.8 Å². The maximum absolute atomic E-state index is 5.90. The lowest BCUT2D eigenvalue weighted by Gasteiger charge is -1.96. The first-order valence-electron chi connectivity index (χ1n) is 5.38. The van der Waals surface area contributed by atoms with Crippen LogP contribution in [-0.2, 0) is 0 Å². The molecule has 0 amide bonds. The highest BCUT2D eigenvalue weighted by atomic mass is 35.5. The summed E-state index contributed by atoms with van der Waals surface area (Å²) in [5.41, 5.74) is 9.08. The van der Waals surface area contributed by atoms with E-state index in [4.69, 9.17) is 17.3 Å². The van der Waals surface area contributed by atoms with Crippen molar-refractivity contribution in [3.63, 3.8) is 0 Å². The minimum atomic E-state index is 0.662. The number of rotatable bonds is 3. The molecule has 0 atom stereocenters. The van der Waals surface area contributed by atoms with E-state index in [9.17, 15) is 0 Å². The van der Waals surface area contributed by atoms with E-state index < -0.39 is 0 Å². The fourth-order valence-electron chi connectivity index (χ4n) is 1.42. The third kappa shape index (κ3) is 3.09. The smallest absolute Gasteiger partial charge is 0.106 e. The van der Waals surface area contributed by atoms with Crippen LogP contribution in [0.3, 0.4) is 0 Å². The molecule has 0 saturated carbocycles. The summed E-state index contributed by atoms with van der Waals surface area (Å²) in [6.07, 6.45) is 2.87. The summed E-state index contributed by atoms with van der Waals surface area (Å²) in [4.78, 5) is 0. The summed E-state index contributed by atoms with van der Waals surface area (Å²) in [6.45, 7) is 0. The highest BCUT2D eigenvalue weighted by Gasteiger charge is 2.02. The summed E-state index contributed by atoms with van der Waals surface area (Å²) in [6, 6.07) is 3.71. The molecule has 0 radical (unpaired) electrons. The van der Waals surface area contributed by atoms with E-state index in [0.29, 0.717) is 11.6 Å². The Morgan fingerprint density at radius 3 is 2.76 bits per heavy atom. The van der Waals surface area contributed by atoms with Gasteiger partial charge >= 0.3 is 0 Å². The Morgan fingerprint density at radius 2 is 2.00 bits per heavy atom. The van der Waals surface area contributed by atoms with Crippen molar-refractivity contribution in [1.29, 1.82) is 0 Å². The fraction of sp³-hybridized carbons (Fsp3) is 0.333. The number of alkyl halides is 1. The van der Waals surface area contributed by atoms with E-state index in [-0.39, 0.29) is 0 Å². The highest BCUT2D eigenvalue weighted by Crippen LogP contribution is 2.19. The van der Waals surface area contributed by atoms with Crippen molar-refractivity contribution in [2.45, 2.75) is 19.3 Å². The topological polar surface area (TPSA) is 51.8 Å². The average molecular weight is 266 g/mol. The third-order valence-corrected chi connectivity index (χ3v) is 3.16. The Kier molecular flexibility index (Phi) is 4.18. The standard InChI is InChI=1S/C12H12ClN3S/c13-6-4-2-1-3-5-9-7-11-12(8-10(9)14)16-17-15-11/h7-8H,1-2,4,6,14H2. The van der Waals surface area contributed by atoms with E-state index in [2.05, 4.69) is 20.6 Å². The normalized spacial score (nSPS) is 10.2. The van der Waals surface area contributed by atoms with Crippen LogP contribution < -0.4 is 5.73 Å². The molecule has 3 nitrogen and oxygen atoms in total. The molecule has 0 aliphatic rings. The van der Waals surface area contributed by atoms with Crippen LogP contribution in [0.25, 0.3) is 11.0 Å². The maximum Gasteiger partial charge on any atom is 0.106 e. The molecule has 2 rings (SSSR count). The molecule has 0 spiro atoms. The van der Waals surface area contributed by atoms with Crippen molar-refractivity contribution in [2.24, 2.45) is 0 Å². The molecule has 17 heavy (non-hydrogen) atoms. The molecule has 0 saturated heterocycles. The number of benzene rings is 1. The minimum absolute atomic E-state index is 0.662. The van der Waals surface area contributed by atoms with Crippen molar-refractivity contribution >= 4 is 40.0 Å². The van der Waals surface area contributed by atoms with Crippen molar-refractivity contribution in [2.75, 3.05) is 11.6 Å². The molecule has 0 aliphatic carbocycles. The molecule has 0 aliphatic heterocycles. The van der Waals surface area contributed by atoms with Crippen LogP contribution >= 0.6 is 23.3 Å². The minimum Gasteiger partial charge on any atom is -0.398 e. The number of anilines is 1. The zero-order valence-electron chi connectivity index (χ0n) is 9.24. The van der Waals surface area contributed by atoms with Gasteiger partial charge in [0.25, 0.3) is 0 Å². The predicted octanol–water partition coefficient (Wildman–Crippen LogP) is 3.03. The molecule has 88 valence electrons. The quantitative estimate of drug-likeness (QED) is 0.402. The molecule has 1 aromatic heterocycles. The summed E-state index contributed by atoms with van der Waals surface area (Å²) in [7, 11) is 0. The molecule has 0 fully saturated rings. The molecule has 0 bridgehead atoms. The molecular formula is C12H12ClN3S. The lowest BCUT2D eigenvalue weighted by Crippen LogP contribution is -1.90. The molecule has 1 aromatic carbocycles. The molecule has 1 heterocycles. The molecule has 5 heteroatoms. The third-order valence-electron chi connectivity index (χ3n) is 2.33. The van der Waals surface area contributed by atoms with Gasteiger partial charge in [-0.05, 0) is 25.0 Å². The highest BCUT2D eigenvalue weighted by molar-refractivity contribution is 7.00. The second-order valence-corrected chi connectivity index (χ2v) is 4.55. The van der Waals surface area contributed by atoms with Crippen LogP contribution in [0.4, 0.5) is 5.69 Å². The van der Waals surface area contributed by atoms with Crippen molar-refractivity contribution in [3.05, 3.63) is 17.7 Å². The van der Waals surface area contributed by atoms with Gasteiger partial charge in [0, 0.05) is 23.6 Å². The summed E-state index contributed by atoms with van der Waals surface area (Å²) >= 11 is 6.78. The van der Waals surface area contributed by atoms with E-state index in [1.54, 1.807) is 0 Å². The van der Waals surface area contributed by atoms with Crippen LogP contribution in [0.2, 0.25) is 0 Å². The van der Waals surface area contributed by atoms with Gasteiger partial charge in [-0.15, -0.1) is 11.6 Å². The van der Waals surface area contributed by atoms with Gasteiger partial charge in [0.15, 0.2) is 0 Å². The lowest BCUT2D eigenvalue weighted by atomic mass is 10.1. The van der Waals surface area contributed by atoms with Crippen LogP contribution in [0.5, 0.6) is 0 Å². The molecule has 0 unspecified atom stereocenters. The van der Waals surface area contributed by atoms with Gasteiger partial charge in [-0.2, -0.15) is 8.75 Å². The van der Waals surface area contributed by atoms with Crippen LogP contribution in [0.15, 0.2) is 12.1 Å². The number of hydrogen-bond acceptors (Lipinski definition) is 4. The van der Waals surface area contributed by atoms with E-state index in [1.165, 1.54) is 11.7 Å². The van der Waals surface area contributed by atoms with E-state index in [0.717, 1.165) is 35.9 Å². The first-order valence-corrected chi connectivity index (χ1v) is 6.64. The van der Waals surface area contributed by atoms with Crippen LogP contribution in [-0.4, -0.2) is 14.6 Å². The molecular weight excluding hydrogens is 254 g/mol. The number of halogens is 1. The second kappa shape index (κ2) is 5.85.